The summed E-state index contributed by atoms with van der Waals surface area (Å²) in [7, 11) is 0. The molecule has 1 nitrogen and oxygen atoms in total. The van der Waals surface area contributed by atoms with Gasteiger partial charge in [0.2, 0.25) is 0 Å². The standard InChI is InChI=1S/C5H12ClN/c1-3-4-7-5(2)6/h5,7H,3-4H2,1-2H3. The molecule has 0 saturated heterocycles. The van der Waals surface area contributed by atoms with E-state index in [2.05, 4.69) is 12.2 Å². The van der Waals surface area contributed by atoms with Crippen LogP contribution in [0.15, 0.2) is 0 Å². The molecule has 44 valence electrons. The van der Waals surface area contributed by atoms with Crippen LogP contribution in [0.1, 0.15) is 20.3 Å². The average Bonchev–Trinajstić information content (AvgIpc) is 1.61. The van der Waals surface area contributed by atoms with Crippen LogP contribution in [-0.4, -0.2) is 12.0 Å². The van der Waals surface area contributed by atoms with E-state index in [1.807, 2.05) is 6.92 Å². The number of hydrogen-bond donors (Lipinski definition) is 1. The van der Waals surface area contributed by atoms with Crippen molar-refractivity contribution in [3.63, 3.8) is 0 Å². The highest BCUT2D eigenvalue weighted by Crippen LogP contribution is 1.85. The number of hydrogen-bond acceptors (Lipinski definition) is 1. The van der Waals surface area contributed by atoms with Crippen molar-refractivity contribution in [2.45, 2.75) is 25.8 Å². The first-order valence-corrected chi connectivity index (χ1v) is 3.08. The maximum Gasteiger partial charge on any atom is 0.0796 e. The Balaban J connectivity index is 2.68. The summed E-state index contributed by atoms with van der Waals surface area (Å²) in [6, 6.07) is 0. The Morgan fingerprint density at radius 3 is 2.43 bits per heavy atom. The van der Waals surface area contributed by atoms with Crippen LogP contribution >= 0.6 is 11.6 Å². The van der Waals surface area contributed by atoms with E-state index >= 15 is 0 Å². The van der Waals surface area contributed by atoms with Crippen molar-refractivity contribution >= 4 is 11.6 Å². The van der Waals surface area contributed by atoms with Gasteiger partial charge in [-0.1, -0.05) is 6.92 Å². The summed E-state index contributed by atoms with van der Waals surface area (Å²) in [5.74, 6) is 0. The molecule has 0 spiro atoms. The van der Waals surface area contributed by atoms with E-state index in [0.717, 1.165) is 13.0 Å². The van der Waals surface area contributed by atoms with Crippen LogP contribution in [-0.2, 0) is 0 Å². The first kappa shape index (κ1) is 7.25. The molecule has 0 bridgehead atoms. The summed E-state index contributed by atoms with van der Waals surface area (Å²) in [6.45, 7) is 5.06. The minimum Gasteiger partial charge on any atom is -0.302 e. The third-order valence-corrected chi connectivity index (χ3v) is 0.830. The number of halogens is 1. The average molecular weight is 122 g/mol. The summed E-state index contributed by atoms with van der Waals surface area (Å²) in [4.78, 5) is 0. The predicted molar refractivity (Wildman–Crippen MR) is 33.6 cm³/mol. The lowest BCUT2D eigenvalue weighted by molar-refractivity contribution is 0.664. The van der Waals surface area contributed by atoms with Gasteiger partial charge in [0.1, 0.15) is 0 Å². The predicted octanol–water partition coefficient (Wildman–Crippen LogP) is 1.57. The third-order valence-electron chi connectivity index (χ3n) is 0.676. The molecule has 0 amide bonds. The van der Waals surface area contributed by atoms with Crippen molar-refractivity contribution in [1.29, 1.82) is 0 Å². The van der Waals surface area contributed by atoms with Gasteiger partial charge in [-0.25, -0.2) is 0 Å². The number of alkyl halides is 1. The zero-order chi connectivity index (χ0) is 5.70. The normalized spacial score (nSPS) is 14.1. The van der Waals surface area contributed by atoms with Crippen molar-refractivity contribution in [3.8, 4) is 0 Å². The van der Waals surface area contributed by atoms with E-state index in [1.54, 1.807) is 0 Å². The molecule has 0 aromatic carbocycles. The van der Waals surface area contributed by atoms with E-state index < -0.39 is 0 Å². The molecule has 0 heterocycles. The first-order valence-electron chi connectivity index (χ1n) is 2.64. The fourth-order valence-corrected chi connectivity index (χ4v) is 0.452. The topological polar surface area (TPSA) is 12.0 Å². The van der Waals surface area contributed by atoms with E-state index in [-0.39, 0.29) is 5.50 Å². The highest BCUT2D eigenvalue weighted by molar-refractivity contribution is 6.20. The van der Waals surface area contributed by atoms with Gasteiger partial charge >= 0.3 is 0 Å². The zero-order valence-corrected chi connectivity index (χ0v) is 5.63. The van der Waals surface area contributed by atoms with Crippen molar-refractivity contribution < 1.29 is 0 Å². The molecule has 7 heavy (non-hydrogen) atoms. The van der Waals surface area contributed by atoms with E-state index in [1.165, 1.54) is 0 Å². The summed E-state index contributed by atoms with van der Waals surface area (Å²) < 4.78 is 0. The molecule has 1 N–H and O–H groups in total. The highest BCUT2D eigenvalue weighted by Gasteiger charge is 1.88. The Morgan fingerprint density at radius 2 is 2.29 bits per heavy atom. The maximum absolute atomic E-state index is 5.55. The van der Waals surface area contributed by atoms with Gasteiger partial charge in [-0.15, -0.1) is 11.6 Å². The minimum absolute atomic E-state index is 0.125. The van der Waals surface area contributed by atoms with Crippen LogP contribution in [0.5, 0.6) is 0 Å². The monoisotopic (exact) mass is 121 g/mol. The summed E-state index contributed by atoms with van der Waals surface area (Å²) in [6.07, 6.45) is 1.15. The molecule has 0 aliphatic carbocycles. The Bertz CT molecular complexity index is 37.1. The number of nitrogens with one attached hydrogen (secondary N) is 1. The molecule has 2 heteroatoms. The Kier molecular flexibility index (Phi) is 4.57. The van der Waals surface area contributed by atoms with Gasteiger partial charge in [0.15, 0.2) is 0 Å². The van der Waals surface area contributed by atoms with Crippen molar-refractivity contribution in [2.24, 2.45) is 0 Å². The van der Waals surface area contributed by atoms with Crippen LogP contribution in [0.2, 0.25) is 0 Å². The molecule has 0 rings (SSSR count). The van der Waals surface area contributed by atoms with Gasteiger partial charge < -0.3 is 5.32 Å². The van der Waals surface area contributed by atoms with Crippen molar-refractivity contribution in [1.82, 2.24) is 5.32 Å². The van der Waals surface area contributed by atoms with Crippen LogP contribution in [0.3, 0.4) is 0 Å². The molecule has 0 aliphatic rings. The SMILES string of the molecule is CCCNC(C)Cl. The van der Waals surface area contributed by atoms with Gasteiger partial charge in [0, 0.05) is 0 Å². The molecular weight excluding hydrogens is 110 g/mol. The lowest BCUT2D eigenvalue weighted by Gasteiger charge is -2.01. The van der Waals surface area contributed by atoms with Gasteiger partial charge in [0.25, 0.3) is 0 Å². The fraction of sp³-hybridized carbons (Fsp3) is 1.00. The Hall–Kier alpha value is 0.250. The van der Waals surface area contributed by atoms with Crippen molar-refractivity contribution in [3.05, 3.63) is 0 Å². The maximum atomic E-state index is 5.55. The van der Waals surface area contributed by atoms with E-state index in [9.17, 15) is 0 Å². The van der Waals surface area contributed by atoms with Crippen LogP contribution < -0.4 is 5.32 Å². The lowest BCUT2D eigenvalue weighted by atomic mass is 10.5. The second kappa shape index (κ2) is 4.41. The van der Waals surface area contributed by atoms with Gasteiger partial charge in [-0.05, 0) is 19.9 Å². The van der Waals surface area contributed by atoms with E-state index in [0.29, 0.717) is 0 Å². The minimum atomic E-state index is 0.125. The molecule has 0 fully saturated rings. The van der Waals surface area contributed by atoms with Crippen LogP contribution in [0.4, 0.5) is 0 Å². The number of rotatable bonds is 3. The zero-order valence-electron chi connectivity index (χ0n) is 4.87. The molecule has 0 radical (unpaired) electrons. The fourth-order valence-electron chi connectivity index (χ4n) is 0.343. The second-order valence-electron chi connectivity index (χ2n) is 1.57. The highest BCUT2D eigenvalue weighted by atomic mass is 35.5. The molecule has 0 aromatic rings. The smallest absolute Gasteiger partial charge is 0.0796 e. The van der Waals surface area contributed by atoms with E-state index in [4.69, 9.17) is 11.6 Å². The van der Waals surface area contributed by atoms with Crippen molar-refractivity contribution in [2.75, 3.05) is 6.54 Å². The van der Waals surface area contributed by atoms with Gasteiger partial charge in [-0.3, -0.25) is 0 Å². The molecule has 0 saturated carbocycles. The largest absolute Gasteiger partial charge is 0.302 e. The van der Waals surface area contributed by atoms with Crippen LogP contribution in [0.25, 0.3) is 0 Å². The molecule has 0 aromatic heterocycles. The summed E-state index contributed by atoms with van der Waals surface area (Å²) in [5.41, 5.74) is 0.125. The van der Waals surface area contributed by atoms with Crippen LogP contribution in [0, 0.1) is 0 Å². The summed E-state index contributed by atoms with van der Waals surface area (Å²) >= 11 is 5.55. The third kappa shape index (κ3) is 6.25. The lowest BCUT2D eigenvalue weighted by Crippen LogP contribution is -2.20. The molecule has 1 atom stereocenters. The quantitative estimate of drug-likeness (QED) is 0.442. The Labute approximate surface area is 50.1 Å². The van der Waals surface area contributed by atoms with Gasteiger partial charge in [0.05, 0.1) is 5.50 Å². The molecule has 0 aliphatic heterocycles. The van der Waals surface area contributed by atoms with Gasteiger partial charge in [-0.2, -0.15) is 0 Å². The Morgan fingerprint density at radius 1 is 1.71 bits per heavy atom. The second-order valence-corrected chi connectivity index (χ2v) is 2.22. The first-order chi connectivity index (χ1) is 3.27. The summed E-state index contributed by atoms with van der Waals surface area (Å²) in [5, 5.41) is 3.06. The molecular formula is C5H12ClN. The molecule has 1 unspecified atom stereocenters.